The van der Waals surface area contributed by atoms with E-state index in [9.17, 15) is 9.18 Å². The van der Waals surface area contributed by atoms with Gasteiger partial charge in [0.05, 0.1) is 6.26 Å². The predicted octanol–water partition coefficient (Wildman–Crippen LogP) is 5.79. The molecule has 0 aliphatic heterocycles. The van der Waals surface area contributed by atoms with Crippen LogP contribution in [0.2, 0.25) is 0 Å². The number of hydrogen-bond donors (Lipinski definition) is 1. The van der Waals surface area contributed by atoms with Crippen LogP contribution in [0.1, 0.15) is 18.1 Å². The van der Waals surface area contributed by atoms with Gasteiger partial charge in [-0.3, -0.25) is 4.79 Å². The minimum atomic E-state index is -0.237. The molecule has 1 aromatic heterocycles. The number of furan rings is 1. The fourth-order valence-corrected chi connectivity index (χ4v) is 3.27. The number of anilines is 1. The van der Waals surface area contributed by atoms with Crippen LogP contribution in [0, 0.1) is 5.82 Å². The van der Waals surface area contributed by atoms with E-state index in [0.29, 0.717) is 6.42 Å². The highest BCUT2D eigenvalue weighted by Crippen LogP contribution is 2.33. The Morgan fingerprint density at radius 3 is 2.59 bits per heavy atom. The predicted molar refractivity (Wildman–Crippen MR) is 105 cm³/mol. The molecule has 0 aliphatic rings. The minimum absolute atomic E-state index is 0.111. The fraction of sp³-hybridized carbons (Fsp3) is 0.0870. The Labute approximate surface area is 156 Å². The van der Waals surface area contributed by atoms with E-state index in [1.54, 1.807) is 18.4 Å². The number of carbonyl (C=O) groups excluding carboxylic acids is 1. The van der Waals surface area contributed by atoms with Gasteiger partial charge in [0.1, 0.15) is 11.4 Å². The van der Waals surface area contributed by atoms with Crippen LogP contribution in [-0.4, -0.2) is 5.91 Å². The Balaban J connectivity index is 1.77. The summed E-state index contributed by atoms with van der Waals surface area (Å²) < 4.78 is 18.9. The zero-order valence-electron chi connectivity index (χ0n) is 14.8. The highest BCUT2D eigenvalue weighted by molar-refractivity contribution is 5.95. The van der Waals surface area contributed by atoms with Gasteiger partial charge in [0, 0.05) is 23.6 Å². The van der Waals surface area contributed by atoms with E-state index in [0.717, 1.165) is 38.9 Å². The number of benzene rings is 3. The first-order chi connectivity index (χ1) is 13.1. The first-order valence-electron chi connectivity index (χ1n) is 8.71. The average Bonchev–Trinajstić information content (AvgIpc) is 3.11. The second-order valence-electron chi connectivity index (χ2n) is 6.55. The van der Waals surface area contributed by atoms with E-state index in [-0.39, 0.29) is 11.7 Å². The topological polar surface area (TPSA) is 42.2 Å². The number of hydrogen-bond acceptors (Lipinski definition) is 2. The molecular weight excluding hydrogens is 341 g/mol. The first kappa shape index (κ1) is 17.0. The maximum absolute atomic E-state index is 13.2. The first-order valence-corrected chi connectivity index (χ1v) is 8.71. The quantitative estimate of drug-likeness (QED) is 0.501. The molecule has 4 rings (SSSR count). The molecule has 0 aliphatic carbocycles. The maximum Gasteiger partial charge on any atom is 0.221 e. The van der Waals surface area contributed by atoms with Crippen LogP contribution >= 0.6 is 0 Å². The van der Waals surface area contributed by atoms with Gasteiger partial charge in [0.25, 0.3) is 0 Å². The largest absolute Gasteiger partial charge is 0.464 e. The van der Waals surface area contributed by atoms with Gasteiger partial charge >= 0.3 is 0 Å². The van der Waals surface area contributed by atoms with E-state index >= 15 is 0 Å². The lowest BCUT2D eigenvalue weighted by Crippen LogP contribution is -2.05. The van der Waals surface area contributed by atoms with Gasteiger partial charge in [-0.25, -0.2) is 4.39 Å². The number of carbonyl (C=O) groups is 1. The van der Waals surface area contributed by atoms with Gasteiger partial charge in [0.2, 0.25) is 5.91 Å². The van der Waals surface area contributed by atoms with Crippen molar-refractivity contribution in [1.29, 1.82) is 0 Å². The Morgan fingerprint density at radius 2 is 1.81 bits per heavy atom. The molecule has 0 atom stereocenters. The number of fused-ring (bicyclic) bond motifs is 1. The molecule has 0 unspecified atom stereocenters. The molecule has 0 saturated carbocycles. The number of halogens is 1. The molecule has 4 aromatic rings. The lowest BCUT2D eigenvalue weighted by molar-refractivity contribution is -0.114. The average molecular weight is 359 g/mol. The van der Waals surface area contributed by atoms with E-state index in [1.807, 2.05) is 30.3 Å². The van der Waals surface area contributed by atoms with Gasteiger partial charge in [-0.1, -0.05) is 24.3 Å². The van der Waals surface area contributed by atoms with Crippen LogP contribution < -0.4 is 5.32 Å². The SMILES string of the molecule is CC(=O)Nc1cccc(-c2cc(Cc3ccc(F)cc3)cc3ccoc23)c1. The Hall–Kier alpha value is -3.40. The Bertz CT molecular complexity index is 1110. The third-order valence-electron chi connectivity index (χ3n) is 4.43. The van der Waals surface area contributed by atoms with Gasteiger partial charge < -0.3 is 9.73 Å². The lowest BCUT2D eigenvalue weighted by Gasteiger charge is -2.10. The standard InChI is InChI=1S/C23H18FNO2/c1-15(26)25-21-4-2-3-18(14-21)22-13-17(12-19-9-10-27-23(19)22)11-16-5-7-20(24)8-6-16/h2-10,12-14H,11H2,1H3,(H,25,26). The third kappa shape index (κ3) is 3.75. The summed E-state index contributed by atoms with van der Waals surface area (Å²) in [4.78, 5) is 11.4. The summed E-state index contributed by atoms with van der Waals surface area (Å²) in [7, 11) is 0. The van der Waals surface area contributed by atoms with E-state index in [1.165, 1.54) is 19.1 Å². The molecule has 1 amide bonds. The molecule has 0 spiro atoms. The fourth-order valence-electron chi connectivity index (χ4n) is 3.27. The number of amides is 1. The van der Waals surface area contributed by atoms with Crippen LogP contribution in [0.5, 0.6) is 0 Å². The summed E-state index contributed by atoms with van der Waals surface area (Å²) in [5, 5.41) is 3.82. The van der Waals surface area contributed by atoms with Gasteiger partial charge in [-0.2, -0.15) is 0 Å². The summed E-state index contributed by atoms with van der Waals surface area (Å²) in [6.45, 7) is 1.49. The zero-order valence-corrected chi connectivity index (χ0v) is 14.8. The Morgan fingerprint density at radius 1 is 1.00 bits per heavy atom. The van der Waals surface area contributed by atoms with Crippen LogP contribution in [0.25, 0.3) is 22.1 Å². The summed E-state index contributed by atoms with van der Waals surface area (Å²) >= 11 is 0. The molecule has 3 nitrogen and oxygen atoms in total. The van der Waals surface area contributed by atoms with Crippen LogP contribution in [0.4, 0.5) is 10.1 Å². The number of rotatable bonds is 4. The second kappa shape index (κ2) is 7.08. The van der Waals surface area contributed by atoms with E-state index in [4.69, 9.17) is 4.42 Å². The molecule has 1 N–H and O–H groups in total. The molecule has 134 valence electrons. The van der Waals surface area contributed by atoms with Crippen LogP contribution in [0.3, 0.4) is 0 Å². The minimum Gasteiger partial charge on any atom is -0.464 e. The molecule has 1 heterocycles. The molecule has 0 fully saturated rings. The monoisotopic (exact) mass is 359 g/mol. The van der Waals surface area contributed by atoms with Crippen molar-refractivity contribution in [3.8, 4) is 11.1 Å². The van der Waals surface area contributed by atoms with E-state index in [2.05, 4.69) is 17.4 Å². The molecule has 0 radical (unpaired) electrons. The normalized spacial score (nSPS) is 10.9. The molecule has 3 aromatic carbocycles. The highest BCUT2D eigenvalue weighted by atomic mass is 19.1. The van der Waals surface area contributed by atoms with Crippen molar-refractivity contribution in [2.24, 2.45) is 0 Å². The van der Waals surface area contributed by atoms with E-state index < -0.39 is 0 Å². The van der Waals surface area contributed by atoms with Crippen molar-refractivity contribution in [2.75, 3.05) is 5.32 Å². The second-order valence-corrected chi connectivity index (χ2v) is 6.55. The smallest absolute Gasteiger partial charge is 0.221 e. The van der Waals surface area contributed by atoms with Crippen LogP contribution in [-0.2, 0) is 11.2 Å². The van der Waals surface area contributed by atoms with Crippen molar-refractivity contribution in [3.05, 3.63) is 89.9 Å². The van der Waals surface area contributed by atoms with Crippen molar-refractivity contribution in [3.63, 3.8) is 0 Å². The van der Waals surface area contributed by atoms with Crippen molar-refractivity contribution in [2.45, 2.75) is 13.3 Å². The third-order valence-corrected chi connectivity index (χ3v) is 4.43. The Kier molecular flexibility index (Phi) is 4.47. The zero-order chi connectivity index (χ0) is 18.8. The number of nitrogens with one attached hydrogen (secondary N) is 1. The molecule has 27 heavy (non-hydrogen) atoms. The summed E-state index contributed by atoms with van der Waals surface area (Å²) in [5.41, 5.74) is 5.61. The summed E-state index contributed by atoms with van der Waals surface area (Å²) in [6, 6.07) is 20.3. The highest BCUT2D eigenvalue weighted by Gasteiger charge is 2.11. The molecular formula is C23H18FNO2. The van der Waals surface area contributed by atoms with Crippen molar-refractivity contribution in [1.82, 2.24) is 0 Å². The van der Waals surface area contributed by atoms with Crippen LogP contribution in [0.15, 0.2) is 77.4 Å². The molecule has 0 bridgehead atoms. The van der Waals surface area contributed by atoms with Gasteiger partial charge in [-0.15, -0.1) is 0 Å². The van der Waals surface area contributed by atoms with Gasteiger partial charge in [0.15, 0.2) is 0 Å². The lowest BCUT2D eigenvalue weighted by atomic mass is 9.96. The van der Waals surface area contributed by atoms with Crippen molar-refractivity contribution >= 4 is 22.6 Å². The summed E-state index contributed by atoms with van der Waals surface area (Å²) in [5.74, 6) is -0.347. The molecule has 4 heteroatoms. The van der Waals surface area contributed by atoms with Crippen molar-refractivity contribution < 1.29 is 13.6 Å². The molecule has 0 saturated heterocycles. The van der Waals surface area contributed by atoms with Gasteiger partial charge in [-0.05, 0) is 65.6 Å². The maximum atomic E-state index is 13.2. The summed E-state index contributed by atoms with van der Waals surface area (Å²) in [6.07, 6.45) is 2.37.